The van der Waals surface area contributed by atoms with E-state index in [2.05, 4.69) is 41.8 Å². The van der Waals surface area contributed by atoms with Crippen molar-refractivity contribution >= 4 is 49.1 Å². The Morgan fingerprint density at radius 1 is 1.32 bits per heavy atom. The van der Waals surface area contributed by atoms with Gasteiger partial charge in [0.15, 0.2) is 0 Å². The maximum atomic E-state index is 10.8. The standard InChI is InChI=1S/C10H4Br2ClN3O3/c11-5-1-6(16(17)18)3-7(2-5)19-9-8(12)4-14-10(13)15-9/h1-4H. The second-order valence-electron chi connectivity index (χ2n) is 3.30. The van der Waals surface area contributed by atoms with E-state index in [0.29, 0.717) is 8.95 Å². The number of non-ortho nitro benzene ring substituents is 1. The monoisotopic (exact) mass is 407 g/mol. The summed E-state index contributed by atoms with van der Waals surface area (Å²) >= 11 is 12.0. The lowest BCUT2D eigenvalue weighted by atomic mass is 10.3. The minimum atomic E-state index is -0.514. The number of nitro benzene ring substituents is 1. The number of hydrogen-bond acceptors (Lipinski definition) is 5. The largest absolute Gasteiger partial charge is 0.437 e. The van der Waals surface area contributed by atoms with Gasteiger partial charge in [0.05, 0.1) is 15.5 Å². The lowest BCUT2D eigenvalue weighted by molar-refractivity contribution is -0.385. The van der Waals surface area contributed by atoms with Gasteiger partial charge in [0.25, 0.3) is 5.69 Å². The molecule has 1 heterocycles. The third kappa shape index (κ3) is 3.62. The number of rotatable bonds is 3. The molecule has 6 nitrogen and oxygen atoms in total. The van der Waals surface area contributed by atoms with Crippen LogP contribution < -0.4 is 4.74 Å². The van der Waals surface area contributed by atoms with E-state index in [1.54, 1.807) is 6.07 Å². The predicted molar refractivity (Wildman–Crippen MR) is 75.6 cm³/mol. The SMILES string of the molecule is O=[N+]([O-])c1cc(Br)cc(Oc2nc(Cl)ncc2Br)c1. The summed E-state index contributed by atoms with van der Waals surface area (Å²) in [4.78, 5) is 17.9. The van der Waals surface area contributed by atoms with Gasteiger partial charge in [-0.25, -0.2) is 4.98 Å². The van der Waals surface area contributed by atoms with Crippen molar-refractivity contribution in [2.75, 3.05) is 0 Å². The van der Waals surface area contributed by atoms with Crippen LogP contribution in [0.25, 0.3) is 0 Å². The first-order valence-corrected chi connectivity index (χ1v) is 6.73. The molecule has 0 saturated heterocycles. The van der Waals surface area contributed by atoms with Crippen molar-refractivity contribution in [3.05, 3.63) is 48.7 Å². The highest BCUT2D eigenvalue weighted by Crippen LogP contribution is 2.32. The molecule has 0 atom stereocenters. The van der Waals surface area contributed by atoms with Gasteiger partial charge >= 0.3 is 0 Å². The lowest BCUT2D eigenvalue weighted by Gasteiger charge is -2.06. The summed E-state index contributed by atoms with van der Waals surface area (Å²) in [5.41, 5.74) is -0.0966. The molecule has 0 aliphatic heterocycles. The highest BCUT2D eigenvalue weighted by molar-refractivity contribution is 9.10. The summed E-state index contributed by atoms with van der Waals surface area (Å²) < 4.78 is 6.45. The van der Waals surface area contributed by atoms with Crippen molar-refractivity contribution in [2.24, 2.45) is 0 Å². The van der Waals surface area contributed by atoms with Gasteiger partial charge in [0.1, 0.15) is 5.75 Å². The van der Waals surface area contributed by atoms with Crippen LogP contribution >= 0.6 is 43.5 Å². The zero-order valence-electron chi connectivity index (χ0n) is 9.01. The first kappa shape index (κ1) is 14.2. The molecule has 0 fully saturated rings. The molecule has 98 valence electrons. The van der Waals surface area contributed by atoms with Crippen LogP contribution in [0.5, 0.6) is 11.6 Å². The average Bonchev–Trinajstić information content (AvgIpc) is 2.33. The summed E-state index contributed by atoms with van der Waals surface area (Å²) in [5.74, 6) is 0.434. The van der Waals surface area contributed by atoms with E-state index < -0.39 is 4.92 Å². The van der Waals surface area contributed by atoms with Crippen molar-refractivity contribution in [1.82, 2.24) is 9.97 Å². The fourth-order valence-corrected chi connectivity index (χ4v) is 2.08. The van der Waals surface area contributed by atoms with Crippen LogP contribution in [0.2, 0.25) is 5.28 Å². The Morgan fingerprint density at radius 3 is 2.74 bits per heavy atom. The molecule has 1 aromatic carbocycles. The molecular weight excluding hydrogens is 405 g/mol. The summed E-state index contributed by atoms with van der Waals surface area (Å²) in [7, 11) is 0. The van der Waals surface area contributed by atoms with Gasteiger partial charge < -0.3 is 4.74 Å². The first-order chi connectivity index (χ1) is 8.95. The fraction of sp³-hybridized carbons (Fsp3) is 0. The maximum absolute atomic E-state index is 10.8. The molecule has 0 unspecified atom stereocenters. The third-order valence-corrected chi connectivity index (χ3v) is 3.15. The van der Waals surface area contributed by atoms with Crippen LogP contribution in [0.4, 0.5) is 5.69 Å². The van der Waals surface area contributed by atoms with Gasteiger partial charge in [-0.1, -0.05) is 15.9 Å². The van der Waals surface area contributed by atoms with E-state index in [4.69, 9.17) is 16.3 Å². The minimum Gasteiger partial charge on any atom is -0.437 e. The molecule has 0 amide bonds. The summed E-state index contributed by atoms with van der Waals surface area (Å²) in [6.45, 7) is 0. The second-order valence-corrected chi connectivity index (χ2v) is 5.40. The smallest absolute Gasteiger partial charge is 0.274 e. The van der Waals surface area contributed by atoms with E-state index >= 15 is 0 Å². The fourth-order valence-electron chi connectivity index (χ4n) is 1.23. The maximum Gasteiger partial charge on any atom is 0.274 e. The van der Waals surface area contributed by atoms with Crippen LogP contribution in [-0.2, 0) is 0 Å². The van der Waals surface area contributed by atoms with Gasteiger partial charge in [0.2, 0.25) is 11.2 Å². The molecule has 0 bridgehead atoms. The highest BCUT2D eigenvalue weighted by Gasteiger charge is 2.12. The number of ether oxygens (including phenoxy) is 1. The van der Waals surface area contributed by atoms with Crippen LogP contribution in [0, 0.1) is 10.1 Å². The topological polar surface area (TPSA) is 78.2 Å². The molecule has 0 aliphatic rings. The van der Waals surface area contributed by atoms with Crippen LogP contribution in [-0.4, -0.2) is 14.9 Å². The molecule has 2 aromatic rings. The first-order valence-electron chi connectivity index (χ1n) is 4.76. The normalized spacial score (nSPS) is 10.3. The third-order valence-electron chi connectivity index (χ3n) is 1.96. The molecular formula is C10H4Br2ClN3O3. The Balaban J connectivity index is 2.38. The summed E-state index contributed by atoms with van der Waals surface area (Å²) in [5, 5.41) is 10.8. The second kappa shape index (κ2) is 5.81. The molecule has 0 N–H and O–H groups in total. The van der Waals surface area contributed by atoms with Crippen LogP contribution in [0.3, 0.4) is 0 Å². The molecule has 19 heavy (non-hydrogen) atoms. The number of nitrogens with zero attached hydrogens (tertiary/aromatic N) is 3. The van der Waals surface area contributed by atoms with E-state index in [1.807, 2.05) is 0 Å². The van der Waals surface area contributed by atoms with Crippen LogP contribution in [0.15, 0.2) is 33.3 Å². The Bertz CT molecular complexity index is 654. The van der Waals surface area contributed by atoms with Gasteiger partial charge in [-0.3, -0.25) is 10.1 Å². The molecule has 0 spiro atoms. The van der Waals surface area contributed by atoms with Crippen molar-refractivity contribution in [2.45, 2.75) is 0 Å². The quantitative estimate of drug-likeness (QED) is 0.428. The summed E-state index contributed by atoms with van der Waals surface area (Å²) in [6.07, 6.45) is 1.43. The molecule has 0 saturated carbocycles. The molecule has 0 radical (unpaired) electrons. The van der Waals surface area contributed by atoms with Crippen molar-refractivity contribution < 1.29 is 9.66 Å². The van der Waals surface area contributed by atoms with Crippen molar-refractivity contribution in [3.63, 3.8) is 0 Å². The molecule has 1 aromatic heterocycles. The predicted octanol–water partition coefficient (Wildman–Crippen LogP) is 4.36. The molecule has 0 aliphatic carbocycles. The van der Waals surface area contributed by atoms with Gasteiger partial charge in [0, 0.05) is 16.7 Å². The van der Waals surface area contributed by atoms with E-state index in [-0.39, 0.29) is 22.6 Å². The number of halogens is 3. The van der Waals surface area contributed by atoms with Gasteiger partial charge in [-0.15, -0.1) is 0 Å². The van der Waals surface area contributed by atoms with E-state index in [9.17, 15) is 10.1 Å². The van der Waals surface area contributed by atoms with Gasteiger partial charge in [-0.05, 0) is 33.6 Å². The Hall–Kier alpha value is -1.25. The molecule has 9 heteroatoms. The minimum absolute atomic E-state index is 0.0164. The van der Waals surface area contributed by atoms with Crippen LogP contribution in [0.1, 0.15) is 0 Å². The zero-order valence-corrected chi connectivity index (χ0v) is 12.9. The van der Waals surface area contributed by atoms with E-state index in [1.165, 1.54) is 18.3 Å². The summed E-state index contributed by atoms with van der Waals surface area (Å²) in [6, 6.07) is 4.23. The number of hydrogen-bond donors (Lipinski definition) is 0. The Labute approximate surface area is 129 Å². The molecule has 2 rings (SSSR count). The zero-order chi connectivity index (χ0) is 14.0. The lowest BCUT2D eigenvalue weighted by Crippen LogP contribution is -1.93. The van der Waals surface area contributed by atoms with Crippen molar-refractivity contribution in [1.29, 1.82) is 0 Å². The number of benzene rings is 1. The Morgan fingerprint density at radius 2 is 2.05 bits per heavy atom. The average molecular weight is 409 g/mol. The van der Waals surface area contributed by atoms with Crippen molar-refractivity contribution in [3.8, 4) is 11.6 Å². The van der Waals surface area contributed by atoms with E-state index in [0.717, 1.165) is 0 Å². The number of aromatic nitrogens is 2. The highest BCUT2D eigenvalue weighted by atomic mass is 79.9. The van der Waals surface area contributed by atoms with Gasteiger partial charge in [-0.2, -0.15) is 4.98 Å². The Kier molecular flexibility index (Phi) is 4.33. The number of nitro groups is 1.